The van der Waals surface area contributed by atoms with Crippen LogP contribution in [0.2, 0.25) is 0 Å². The summed E-state index contributed by atoms with van der Waals surface area (Å²) >= 11 is 3.72. The number of ketones is 2. The molecule has 1 aliphatic heterocycles. The SMILES string of the molecule is CCOc1cc(C2C3=C(CC(C)(C)CC3=O)N(CCc3ccccc3)C3=C2C(=O)CC(C)(C)C3)cc(Br)c1OCC(=O)Nc1ccc(C)cc1. The molecule has 0 radical (unpaired) electrons. The molecule has 0 bridgehead atoms. The van der Waals surface area contributed by atoms with E-state index in [1.165, 1.54) is 5.56 Å². The number of rotatable bonds is 10. The van der Waals surface area contributed by atoms with Crippen molar-refractivity contribution < 1.29 is 23.9 Å². The Hall–Kier alpha value is -4.17. The van der Waals surface area contributed by atoms with Crippen LogP contribution < -0.4 is 14.8 Å². The molecule has 3 aromatic carbocycles. The number of Topliss-reactive ketones (excluding diaryl/α,β-unsaturated/α-hetero) is 2. The second kappa shape index (κ2) is 14.2. The monoisotopic (exact) mass is 738 g/mol. The maximum atomic E-state index is 14.3. The van der Waals surface area contributed by atoms with Crippen molar-refractivity contribution in [1.29, 1.82) is 0 Å². The maximum Gasteiger partial charge on any atom is 0.262 e. The number of aryl methyl sites for hydroxylation is 1. The van der Waals surface area contributed by atoms with Gasteiger partial charge in [0.15, 0.2) is 29.7 Å². The van der Waals surface area contributed by atoms with Crippen LogP contribution in [0.1, 0.15) is 82.9 Å². The predicted octanol–water partition coefficient (Wildman–Crippen LogP) is 9.10. The molecular weight excluding hydrogens is 692 g/mol. The fourth-order valence-electron chi connectivity index (χ4n) is 7.67. The molecule has 262 valence electrons. The molecular formula is C42H47BrN2O5. The van der Waals surface area contributed by atoms with Gasteiger partial charge in [-0.3, -0.25) is 14.4 Å². The van der Waals surface area contributed by atoms with Crippen molar-refractivity contribution in [3.8, 4) is 11.5 Å². The zero-order valence-electron chi connectivity index (χ0n) is 30.0. The Morgan fingerprint density at radius 3 is 2.04 bits per heavy atom. The average molecular weight is 740 g/mol. The summed E-state index contributed by atoms with van der Waals surface area (Å²) in [4.78, 5) is 43.8. The number of hydrogen-bond donors (Lipinski definition) is 1. The fraction of sp³-hybridized carbons (Fsp3) is 0.405. The molecule has 0 unspecified atom stereocenters. The minimum Gasteiger partial charge on any atom is -0.490 e. The number of ether oxygens (including phenoxy) is 2. The number of halogens is 1. The molecule has 7 nitrogen and oxygen atoms in total. The van der Waals surface area contributed by atoms with E-state index in [0.717, 1.165) is 41.8 Å². The molecule has 1 N–H and O–H groups in total. The van der Waals surface area contributed by atoms with E-state index >= 15 is 0 Å². The number of amides is 1. The van der Waals surface area contributed by atoms with Gasteiger partial charge in [-0.15, -0.1) is 0 Å². The van der Waals surface area contributed by atoms with Gasteiger partial charge in [-0.25, -0.2) is 0 Å². The lowest BCUT2D eigenvalue weighted by atomic mass is 9.63. The van der Waals surface area contributed by atoms with Gasteiger partial charge in [0.1, 0.15) is 0 Å². The van der Waals surface area contributed by atoms with Crippen LogP contribution in [-0.2, 0) is 20.8 Å². The second-order valence-electron chi connectivity index (χ2n) is 15.4. The molecule has 1 heterocycles. The molecule has 3 aromatic rings. The molecule has 0 aromatic heterocycles. The Kier molecular flexibility index (Phi) is 10.1. The van der Waals surface area contributed by atoms with Crippen LogP contribution in [0, 0.1) is 17.8 Å². The van der Waals surface area contributed by atoms with Crippen molar-refractivity contribution in [2.24, 2.45) is 10.8 Å². The standard InChI is InChI=1S/C42H47BrN2O5/c1-7-49-35-20-28(19-30(43)40(35)50-25-36(48)44-29-15-13-26(2)14-16-29)37-38-31(21-41(3,4)23-33(38)46)45(18-17-27-11-9-8-10-12-27)32-22-42(5,6)24-34(47)39(32)37/h8-16,19-20,37H,7,17-18,21-25H2,1-6H3,(H,44,48). The quantitative estimate of drug-likeness (QED) is 0.223. The summed E-state index contributed by atoms with van der Waals surface area (Å²) in [7, 11) is 0. The van der Waals surface area contributed by atoms with E-state index in [4.69, 9.17) is 9.47 Å². The third-order valence-corrected chi connectivity index (χ3v) is 10.4. The molecule has 6 rings (SSSR count). The Morgan fingerprint density at radius 1 is 0.860 bits per heavy atom. The molecule has 0 saturated heterocycles. The highest BCUT2D eigenvalue weighted by atomic mass is 79.9. The fourth-order valence-corrected chi connectivity index (χ4v) is 8.24. The van der Waals surface area contributed by atoms with E-state index in [0.29, 0.717) is 58.8 Å². The summed E-state index contributed by atoms with van der Waals surface area (Å²) in [6.07, 6.45) is 3.09. The first kappa shape index (κ1) is 35.6. The van der Waals surface area contributed by atoms with E-state index in [9.17, 15) is 14.4 Å². The number of hydrogen-bond acceptors (Lipinski definition) is 6. The van der Waals surface area contributed by atoms with Crippen LogP contribution in [-0.4, -0.2) is 42.1 Å². The van der Waals surface area contributed by atoms with Crippen LogP contribution in [0.25, 0.3) is 0 Å². The number of benzene rings is 3. The number of allylic oxidation sites excluding steroid dienone is 4. The number of nitrogens with zero attached hydrogens (tertiary/aromatic N) is 1. The van der Waals surface area contributed by atoms with E-state index in [-0.39, 0.29) is 34.9 Å². The number of nitrogens with one attached hydrogen (secondary N) is 1. The van der Waals surface area contributed by atoms with Gasteiger partial charge < -0.3 is 19.7 Å². The lowest BCUT2D eigenvalue weighted by Crippen LogP contribution is -2.45. The molecule has 50 heavy (non-hydrogen) atoms. The van der Waals surface area contributed by atoms with E-state index < -0.39 is 5.92 Å². The van der Waals surface area contributed by atoms with Gasteiger partial charge in [0.2, 0.25) is 0 Å². The lowest BCUT2D eigenvalue weighted by molar-refractivity contribution is -0.120. The molecule has 2 aliphatic carbocycles. The molecule has 0 spiro atoms. The minimum absolute atomic E-state index is 0.0809. The summed E-state index contributed by atoms with van der Waals surface area (Å²) in [5.41, 5.74) is 6.84. The van der Waals surface area contributed by atoms with Gasteiger partial charge in [0, 0.05) is 53.5 Å². The molecule has 1 amide bonds. The first-order valence-corrected chi connectivity index (χ1v) is 18.3. The topological polar surface area (TPSA) is 84.9 Å². The van der Waals surface area contributed by atoms with Crippen LogP contribution in [0.5, 0.6) is 11.5 Å². The van der Waals surface area contributed by atoms with E-state index in [1.54, 1.807) is 0 Å². The summed E-state index contributed by atoms with van der Waals surface area (Å²) in [5.74, 6) is 0.170. The largest absolute Gasteiger partial charge is 0.490 e. The summed E-state index contributed by atoms with van der Waals surface area (Å²) < 4.78 is 12.8. The Bertz CT molecular complexity index is 1820. The maximum absolute atomic E-state index is 14.3. The van der Waals surface area contributed by atoms with Crippen LogP contribution in [0.3, 0.4) is 0 Å². The van der Waals surface area contributed by atoms with Crippen LogP contribution in [0.15, 0.2) is 93.7 Å². The Morgan fingerprint density at radius 2 is 1.46 bits per heavy atom. The molecule has 0 saturated carbocycles. The minimum atomic E-state index is -0.533. The van der Waals surface area contributed by atoms with Crippen LogP contribution in [0.4, 0.5) is 5.69 Å². The molecule has 8 heteroatoms. The third kappa shape index (κ3) is 7.60. The highest BCUT2D eigenvalue weighted by Gasteiger charge is 2.49. The molecule has 0 fully saturated rings. The summed E-state index contributed by atoms with van der Waals surface area (Å²) in [5, 5.41) is 2.87. The predicted molar refractivity (Wildman–Crippen MR) is 200 cm³/mol. The van der Waals surface area contributed by atoms with E-state index in [1.807, 2.05) is 56.3 Å². The van der Waals surface area contributed by atoms with Gasteiger partial charge in [-0.2, -0.15) is 0 Å². The number of anilines is 1. The van der Waals surface area contributed by atoms with Gasteiger partial charge in [-0.1, -0.05) is 75.7 Å². The third-order valence-electron chi connectivity index (χ3n) is 9.84. The van der Waals surface area contributed by atoms with Gasteiger partial charge in [0.05, 0.1) is 11.1 Å². The lowest BCUT2D eigenvalue weighted by Gasteiger charge is -2.49. The number of carbonyl (C=O) groups is 3. The van der Waals surface area contributed by atoms with Crippen molar-refractivity contribution >= 4 is 39.1 Å². The Labute approximate surface area is 304 Å². The van der Waals surface area contributed by atoms with E-state index in [2.05, 4.69) is 78.1 Å². The van der Waals surface area contributed by atoms with Gasteiger partial charge in [-0.05, 0) is 95.3 Å². The van der Waals surface area contributed by atoms with Crippen LogP contribution >= 0.6 is 15.9 Å². The van der Waals surface area contributed by atoms with Crippen molar-refractivity contribution in [1.82, 2.24) is 4.90 Å². The number of carbonyl (C=O) groups excluding carboxylic acids is 3. The summed E-state index contributed by atoms with van der Waals surface area (Å²) in [6.45, 7) is 13.3. The first-order valence-electron chi connectivity index (χ1n) is 17.5. The van der Waals surface area contributed by atoms with Crippen molar-refractivity contribution in [3.63, 3.8) is 0 Å². The second-order valence-corrected chi connectivity index (χ2v) is 16.2. The van der Waals surface area contributed by atoms with Crippen molar-refractivity contribution in [2.75, 3.05) is 25.1 Å². The molecule has 0 atom stereocenters. The Balaban J connectivity index is 1.41. The zero-order chi connectivity index (χ0) is 35.8. The smallest absolute Gasteiger partial charge is 0.262 e. The zero-order valence-corrected chi connectivity index (χ0v) is 31.5. The first-order chi connectivity index (χ1) is 23.7. The summed E-state index contributed by atoms with van der Waals surface area (Å²) in [6, 6.07) is 21.8. The normalized spacial score (nSPS) is 18.5. The van der Waals surface area contributed by atoms with Gasteiger partial charge in [0.25, 0.3) is 5.91 Å². The van der Waals surface area contributed by atoms with Crippen molar-refractivity contribution in [2.45, 2.75) is 79.6 Å². The average Bonchev–Trinajstić information content (AvgIpc) is 3.03. The molecule has 3 aliphatic rings. The van der Waals surface area contributed by atoms with Gasteiger partial charge >= 0.3 is 0 Å². The highest BCUT2D eigenvalue weighted by molar-refractivity contribution is 9.10. The highest BCUT2D eigenvalue weighted by Crippen LogP contribution is 2.55. The van der Waals surface area contributed by atoms with Crippen molar-refractivity contribution in [3.05, 3.63) is 110 Å².